The van der Waals surface area contributed by atoms with Crippen LogP contribution in [0.4, 0.5) is 5.69 Å². The summed E-state index contributed by atoms with van der Waals surface area (Å²) in [6.07, 6.45) is 1.63. The average Bonchev–Trinajstić information content (AvgIpc) is 3.00. The Labute approximate surface area is 129 Å². The molecule has 3 heteroatoms. The molecule has 1 aromatic heterocycles. The average molecular weight is 291 g/mol. The molecule has 0 saturated carbocycles. The van der Waals surface area contributed by atoms with E-state index in [-0.39, 0.29) is 5.91 Å². The Morgan fingerprint density at radius 3 is 2.23 bits per heavy atom. The summed E-state index contributed by atoms with van der Waals surface area (Å²) in [5, 5.41) is 2.93. The van der Waals surface area contributed by atoms with Gasteiger partial charge in [0.2, 0.25) is 0 Å². The van der Waals surface area contributed by atoms with E-state index in [1.165, 1.54) is 0 Å². The first-order valence-corrected chi connectivity index (χ1v) is 7.15. The summed E-state index contributed by atoms with van der Waals surface area (Å²) in [6.45, 7) is 4.03. The highest BCUT2D eigenvalue weighted by Crippen LogP contribution is 2.21. The molecule has 0 atom stereocenters. The highest BCUT2D eigenvalue weighted by Gasteiger charge is 2.08. The largest absolute Gasteiger partial charge is 0.464 e. The Balaban J connectivity index is 1.77. The first kappa shape index (κ1) is 14.1. The minimum atomic E-state index is -0.115. The molecule has 1 heterocycles. The standard InChI is InChI=1S/C19H17NO2/c1-13-10-14(2)12-17(11-13)20-19(21)16-7-5-15(6-8-16)18-4-3-9-22-18/h3-12H,1-2H3,(H,20,21). The van der Waals surface area contributed by atoms with Gasteiger partial charge in [-0.2, -0.15) is 0 Å². The molecule has 0 fully saturated rings. The molecule has 1 N–H and O–H groups in total. The van der Waals surface area contributed by atoms with Crippen molar-refractivity contribution in [2.24, 2.45) is 0 Å². The first-order valence-electron chi connectivity index (χ1n) is 7.15. The fraction of sp³-hybridized carbons (Fsp3) is 0.105. The van der Waals surface area contributed by atoms with Crippen molar-refractivity contribution in [1.82, 2.24) is 0 Å². The fourth-order valence-electron chi connectivity index (χ4n) is 2.48. The predicted molar refractivity (Wildman–Crippen MR) is 88.0 cm³/mol. The Morgan fingerprint density at radius 1 is 0.955 bits per heavy atom. The van der Waals surface area contributed by atoms with Gasteiger partial charge in [-0.25, -0.2) is 0 Å². The van der Waals surface area contributed by atoms with Crippen molar-refractivity contribution in [3.05, 3.63) is 77.6 Å². The third-order valence-electron chi connectivity index (χ3n) is 3.43. The topological polar surface area (TPSA) is 42.2 Å². The van der Waals surface area contributed by atoms with E-state index in [9.17, 15) is 4.79 Å². The number of anilines is 1. The van der Waals surface area contributed by atoms with Crippen LogP contribution in [0.3, 0.4) is 0 Å². The van der Waals surface area contributed by atoms with E-state index < -0.39 is 0 Å². The van der Waals surface area contributed by atoms with Gasteiger partial charge >= 0.3 is 0 Å². The van der Waals surface area contributed by atoms with Crippen LogP contribution in [0, 0.1) is 13.8 Å². The Hall–Kier alpha value is -2.81. The smallest absolute Gasteiger partial charge is 0.255 e. The number of rotatable bonds is 3. The van der Waals surface area contributed by atoms with Crippen LogP contribution in [-0.4, -0.2) is 5.91 Å². The third kappa shape index (κ3) is 3.09. The van der Waals surface area contributed by atoms with Crippen LogP contribution >= 0.6 is 0 Å². The summed E-state index contributed by atoms with van der Waals surface area (Å²) >= 11 is 0. The lowest BCUT2D eigenvalue weighted by molar-refractivity contribution is 0.102. The number of carbonyl (C=O) groups is 1. The van der Waals surface area contributed by atoms with Gasteiger partial charge in [0.05, 0.1) is 6.26 Å². The van der Waals surface area contributed by atoms with Gasteiger partial charge in [-0.15, -0.1) is 0 Å². The second-order valence-corrected chi connectivity index (χ2v) is 5.39. The van der Waals surface area contributed by atoms with Gasteiger partial charge in [-0.1, -0.05) is 18.2 Å². The van der Waals surface area contributed by atoms with Crippen molar-refractivity contribution >= 4 is 11.6 Å². The number of hydrogen-bond acceptors (Lipinski definition) is 2. The maximum absolute atomic E-state index is 12.3. The van der Waals surface area contributed by atoms with Crippen LogP contribution in [0.25, 0.3) is 11.3 Å². The van der Waals surface area contributed by atoms with Crippen LogP contribution in [0.5, 0.6) is 0 Å². The van der Waals surface area contributed by atoms with Crippen molar-refractivity contribution in [3.8, 4) is 11.3 Å². The van der Waals surface area contributed by atoms with Crippen LogP contribution in [0.15, 0.2) is 65.3 Å². The van der Waals surface area contributed by atoms with Gasteiger partial charge < -0.3 is 9.73 Å². The Kier molecular flexibility index (Phi) is 3.79. The lowest BCUT2D eigenvalue weighted by atomic mass is 10.1. The monoisotopic (exact) mass is 291 g/mol. The van der Waals surface area contributed by atoms with Crippen molar-refractivity contribution < 1.29 is 9.21 Å². The molecule has 3 nitrogen and oxygen atoms in total. The van der Waals surface area contributed by atoms with Gasteiger partial charge in [0.1, 0.15) is 5.76 Å². The lowest BCUT2D eigenvalue weighted by Gasteiger charge is -2.08. The molecule has 0 aliphatic heterocycles. The summed E-state index contributed by atoms with van der Waals surface area (Å²) in [7, 11) is 0. The quantitative estimate of drug-likeness (QED) is 0.752. The molecule has 1 amide bonds. The van der Waals surface area contributed by atoms with E-state index in [0.717, 1.165) is 28.1 Å². The minimum Gasteiger partial charge on any atom is -0.464 e. The second kappa shape index (κ2) is 5.90. The van der Waals surface area contributed by atoms with E-state index in [1.54, 1.807) is 18.4 Å². The molecule has 0 bridgehead atoms. The summed E-state index contributed by atoms with van der Waals surface area (Å²) in [5.74, 6) is 0.678. The van der Waals surface area contributed by atoms with Crippen LogP contribution in [0.1, 0.15) is 21.5 Å². The Bertz CT molecular complexity index is 767. The van der Waals surface area contributed by atoms with Crippen molar-refractivity contribution in [3.63, 3.8) is 0 Å². The fourth-order valence-corrected chi connectivity index (χ4v) is 2.48. The zero-order valence-electron chi connectivity index (χ0n) is 12.6. The maximum Gasteiger partial charge on any atom is 0.255 e. The normalized spacial score (nSPS) is 10.5. The molecule has 0 spiro atoms. The zero-order valence-corrected chi connectivity index (χ0v) is 12.6. The predicted octanol–water partition coefficient (Wildman–Crippen LogP) is 4.82. The highest BCUT2D eigenvalue weighted by atomic mass is 16.3. The number of aryl methyl sites for hydroxylation is 2. The van der Waals surface area contributed by atoms with Crippen LogP contribution in [0.2, 0.25) is 0 Å². The van der Waals surface area contributed by atoms with Crippen molar-refractivity contribution in [2.45, 2.75) is 13.8 Å². The van der Waals surface area contributed by atoms with Gasteiger partial charge in [0, 0.05) is 16.8 Å². The summed E-state index contributed by atoms with van der Waals surface area (Å²) in [4.78, 5) is 12.3. The van der Waals surface area contributed by atoms with E-state index in [2.05, 4.69) is 11.4 Å². The highest BCUT2D eigenvalue weighted by molar-refractivity contribution is 6.04. The number of furan rings is 1. The summed E-state index contributed by atoms with van der Waals surface area (Å²) < 4.78 is 5.34. The molecule has 0 aliphatic carbocycles. The number of amides is 1. The Morgan fingerprint density at radius 2 is 1.64 bits per heavy atom. The van der Waals surface area contributed by atoms with Crippen molar-refractivity contribution in [2.75, 3.05) is 5.32 Å². The zero-order chi connectivity index (χ0) is 15.5. The summed E-state index contributed by atoms with van der Waals surface area (Å²) in [6, 6.07) is 17.1. The molecular weight excluding hydrogens is 274 g/mol. The molecule has 0 aliphatic rings. The van der Waals surface area contributed by atoms with Crippen LogP contribution in [-0.2, 0) is 0 Å². The number of carbonyl (C=O) groups excluding carboxylic acids is 1. The van der Waals surface area contributed by atoms with Gasteiger partial charge in [-0.3, -0.25) is 4.79 Å². The van der Waals surface area contributed by atoms with Crippen LogP contribution < -0.4 is 5.32 Å². The minimum absolute atomic E-state index is 0.115. The summed E-state index contributed by atoms with van der Waals surface area (Å²) in [5.41, 5.74) is 4.65. The van der Waals surface area contributed by atoms with E-state index in [4.69, 9.17) is 4.42 Å². The molecule has 0 radical (unpaired) electrons. The van der Waals surface area contributed by atoms with E-state index in [1.807, 2.05) is 50.2 Å². The number of nitrogens with one attached hydrogen (secondary N) is 1. The SMILES string of the molecule is Cc1cc(C)cc(NC(=O)c2ccc(-c3ccco3)cc2)c1. The molecule has 0 unspecified atom stereocenters. The molecule has 2 aromatic carbocycles. The van der Waals surface area contributed by atoms with E-state index in [0.29, 0.717) is 5.56 Å². The van der Waals surface area contributed by atoms with Gasteiger partial charge in [0.15, 0.2) is 0 Å². The molecule has 110 valence electrons. The number of benzene rings is 2. The molecule has 0 saturated heterocycles. The van der Waals surface area contributed by atoms with Gasteiger partial charge in [-0.05, 0) is 61.4 Å². The third-order valence-corrected chi connectivity index (χ3v) is 3.43. The number of hydrogen-bond donors (Lipinski definition) is 1. The molecular formula is C19H17NO2. The molecule has 3 aromatic rings. The molecule has 3 rings (SSSR count). The lowest BCUT2D eigenvalue weighted by Crippen LogP contribution is -2.11. The second-order valence-electron chi connectivity index (χ2n) is 5.39. The molecule has 22 heavy (non-hydrogen) atoms. The van der Waals surface area contributed by atoms with E-state index >= 15 is 0 Å². The van der Waals surface area contributed by atoms with Gasteiger partial charge in [0.25, 0.3) is 5.91 Å². The maximum atomic E-state index is 12.3. The van der Waals surface area contributed by atoms with Crippen molar-refractivity contribution in [1.29, 1.82) is 0 Å². The first-order chi connectivity index (χ1) is 10.6.